The standard InChI is InChI=1S/C19H12ClN3O4S/c1-27-15-8-10(23(25)26)9-16-17(15)21-19(28-16)22-18(24)13-6-2-5-12-11(13)4-3-7-14(12)20/h2-9H,1H3,(H,21,22,24). The molecule has 28 heavy (non-hydrogen) atoms. The first-order chi connectivity index (χ1) is 13.5. The zero-order valence-corrected chi connectivity index (χ0v) is 16.0. The Kier molecular flexibility index (Phi) is 4.58. The van der Waals surface area contributed by atoms with Gasteiger partial charge in [-0.3, -0.25) is 20.2 Å². The van der Waals surface area contributed by atoms with Crippen LogP contribution in [0.25, 0.3) is 21.0 Å². The van der Waals surface area contributed by atoms with Crippen LogP contribution in [0.5, 0.6) is 5.75 Å². The van der Waals surface area contributed by atoms with Crippen molar-refractivity contribution in [2.24, 2.45) is 0 Å². The van der Waals surface area contributed by atoms with Gasteiger partial charge in [0.15, 0.2) is 10.9 Å². The maximum Gasteiger partial charge on any atom is 0.274 e. The summed E-state index contributed by atoms with van der Waals surface area (Å²) in [6, 6.07) is 13.4. The number of nitrogens with one attached hydrogen (secondary N) is 1. The summed E-state index contributed by atoms with van der Waals surface area (Å²) in [6.07, 6.45) is 0. The lowest BCUT2D eigenvalue weighted by Crippen LogP contribution is -2.12. The van der Waals surface area contributed by atoms with Crippen LogP contribution in [0.1, 0.15) is 10.4 Å². The molecule has 0 spiro atoms. The third-order valence-electron chi connectivity index (χ3n) is 4.21. The number of anilines is 1. The number of nitro benzene ring substituents is 1. The molecule has 7 nitrogen and oxygen atoms in total. The molecule has 0 bridgehead atoms. The normalized spacial score (nSPS) is 10.9. The lowest BCUT2D eigenvalue weighted by Gasteiger charge is -2.07. The van der Waals surface area contributed by atoms with E-state index in [-0.39, 0.29) is 17.3 Å². The highest BCUT2D eigenvalue weighted by Gasteiger charge is 2.18. The monoisotopic (exact) mass is 413 g/mol. The summed E-state index contributed by atoms with van der Waals surface area (Å²) >= 11 is 7.35. The summed E-state index contributed by atoms with van der Waals surface area (Å²) in [4.78, 5) is 27.8. The number of hydrogen-bond donors (Lipinski definition) is 1. The molecule has 0 radical (unpaired) electrons. The number of methoxy groups -OCH3 is 1. The van der Waals surface area contributed by atoms with Gasteiger partial charge in [-0.25, -0.2) is 4.98 Å². The van der Waals surface area contributed by atoms with Gasteiger partial charge in [0.2, 0.25) is 0 Å². The molecule has 140 valence electrons. The summed E-state index contributed by atoms with van der Waals surface area (Å²) < 4.78 is 5.75. The Morgan fingerprint density at radius 3 is 2.71 bits per heavy atom. The summed E-state index contributed by atoms with van der Waals surface area (Å²) in [5.74, 6) is -0.0710. The zero-order chi connectivity index (χ0) is 19.8. The van der Waals surface area contributed by atoms with Crippen LogP contribution >= 0.6 is 22.9 Å². The number of fused-ring (bicyclic) bond motifs is 2. The molecule has 1 amide bonds. The number of hydrogen-bond acceptors (Lipinski definition) is 6. The minimum absolute atomic E-state index is 0.102. The van der Waals surface area contributed by atoms with Crippen LogP contribution in [-0.4, -0.2) is 22.9 Å². The van der Waals surface area contributed by atoms with Gasteiger partial charge >= 0.3 is 0 Å². The van der Waals surface area contributed by atoms with Crippen LogP contribution in [-0.2, 0) is 0 Å². The first-order valence-corrected chi connectivity index (χ1v) is 9.29. The number of thiazole rings is 1. The molecule has 0 aliphatic heterocycles. The molecular formula is C19H12ClN3O4S. The fourth-order valence-electron chi connectivity index (χ4n) is 2.93. The van der Waals surface area contributed by atoms with Gasteiger partial charge in [0.25, 0.3) is 11.6 Å². The average Bonchev–Trinajstić information content (AvgIpc) is 3.09. The maximum atomic E-state index is 12.8. The summed E-state index contributed by atoms with van der Waals surface area (Å²) in [5.41, 5.74) is 0.807. The van der Waals surface area contributed by atoms with Gasteiger partial charge in [-0.15, -0.1) is 0 Å². The van der Waals surface area contributed by atoms with Crippen LogP contribution < -0.4 is 10.1 Å². The Balaban J connectivity index is 1.73. The Labute approximate surface area is 167 Å². The fraction of sp³-hybridized carbons (Fsp3) is 0.0526. The molecule has 4 aromatic rings. The number of nitro groups is 1. The number of carbonyl (C=O) groups is 1. The molecule has 0 saturated carbocycles. The molecule has 4 rings (SSSR count). The number of non-ortho nitro benzene ring substituents is 1. The van der Waals surface area contributed by atoms with Crippen molar-refractivity contribution in [1.29, 1.82) is 0 Å². The van der Waals surface area contributed by atoms with Crippen molar-refractivity contribution >= 4 is 60.7 Å². The Hall–Kier alpha value is -3.23. The lowest BCUT2D eigenvalue weighted by molar-refractivity contribution is -0.384. The first-order valence-electron chi connectivity index (χ1n) is 8.09. The minimum Gasteiger partial charge on any atom is -0.494 e. The highest BCUT2D eigenvalue weighted by Crippen LogP contribution is 2.36. The van der Waals surface area contributed by atoms with Crippen LogP contribution in [0.2, 0.25) is 5.02 Å². The van der Waals surface area contributed by atoms with Gasteiger partial charge in [-0.2, -0.15) is 0 Å². The van der Waals surface area contributed by atoms with Crippen LogP contribution in [0.15, 0.2) is 48.5 Å². The van der Waals surface area contributed by atoms with E-state index in [4.69, 9.17) is 16.3 Å². The average molecular weight is 414 g/mol. The number of rotatable bonds is 4. The second kappa shape index (κ2) is 7.06. The van der Waals surface area contributed by atoms with Crippen molar-refractivity contribution in [3.63, 3.8) is 0 Å². The van der Waals surface area contributed by atoms with E-state index < -0.39 is 4.92 Å². The predicted octanol–water partition coefficient (Wildman–Crippen LogP) is 5.27. The van der Waals surface area contributed by atoms with E-state index in [0.717, 1.165) is 22.1 Å². The van der Waals surface area contributed by atoms with Gasteiger partial charge in [-0.1, -0.05) is 47.2 Å². The molecule has 0 saturated heterocycles. The van der Waals surface area contributed by atoms with E-state index in [1.807, 2.05) is 12.1 Å². The molecule has 3 aromatic carbocycles. The quantitative estimate of drug-likeness (QED) is 0.363. The van der Waals surface area contributed by atoms with E-state index in [0.29, 0.717) is 25.9 Å². The SMILES string of the molecule is COc1cc([N+](=O)[O-])cc2sc(NC(=O)c3cccc4c(Cl)cccc34)nc12. The summed E-state index contributed by atoms with van der Waals surface area (Å²) in [6.45, 7) is 0. The number of carbonyl (C=O) groups excluding carboxylic acids is 1. The van der Waals surface area contributed by atoms with Crippen molar-refractivity contribution in [3.8, 4) is 5.75 Å². The van der Waals surface area contributed by atoms with Crippen molar-refractivity contribution in [3.05, 3.63) is 69.2 Å². The number of nitrogens with zero attached hydrogens (tertiary/aromatic N) is 2. The van der Waals surface area contributed by atoms with Crippen molar-refractivity contribution < 1.29 is 14.5 Å². The fourth-order valence-corrected chi connectivity index (χ4v) is 4.08. The highest BCUT2D eigenvalue weighted by atomic mass is 35.5. The largest absolute Gasteiger partial charge is 0.494 e. The van der Waals surface area contributed by atoms with Gasteiger partial charge in [-0.05, 0) is 17.5 Å². The third kappa shape index (κ3) is 3.12. The predicted molar refractivity (Wildman–Crippen MR) is 110 cm³/mol. The highest BCUT2D eigenvalue weighted by molar-refractivity contribution is 7.22. The Morgan fingerprint density at radius 1 is 1.21 bits per heavy atom. The molecule has 0 unspecified atom stereocenters. The van der Waals surface area contributed by atoms with E-state index in [9.17, 15) is 14.9 Å². The smallest absolute Gasteiger partial charge is 0.274 e. The Morgan fingerprint density at radius 2 is 1.96 bits per heavy atom. The number of aromatic nitrogens is 1. The lowest BCUT2D eigenvalue weighted by atomic mass is 10.0. The molecule has 1 aromatic heterocycles. The molecule has 1 N–H and O–H groups in total. The van der Waals surface area contributed by atoms with Crippen LogP contribution in [0, 0.1) is 10.1 Å². The third-order valence-corrected chi connectivity index (χ3v) is 5.46. The molecule has 0 aliphatic carbocycles. The van der Waals surface area contributed by atoms with Gasteiger partial charge < -0.3 is 4.74 Å². The van der Waals surface area contributed by atoms with E-state index in [1.54, 1.807) is 24.3 Å². The van der Waals surface area contributed by atoms with E-state index in [2.05, 4.69) is 10.3 Å². The minimum atomic E-state index is -0.500. The van der Waals surface area contributed by atoms with Crippen molar-refractivity contribution in [1.82, 2.24) is 4.98 Å². The second-order valence-corrected chi connectivity index (χ2v) is 7.30. The first kappa shape index (κ1) is 18.1. The number of halogens is 1. The van der Waals surface area contributed by atoms with Crippen LogP contribution in [0.4, 0.5) is 10.8 Å². The number of benzene rings is 3. The summed E-state index contributed by atoms with van der Waals surface area (Å²) in [5, 5.41) is 16.2. The molecule has 9 heteroatoms. The van der Waals surface area contributed by atoms with Crippen molar-refractivity contribution in [2.45, 2.75) is 0 Å². The Bertz CT molecular complexity index is 1250. The molecule has 1 heterocycles. The number of amides is 1. The summed E-state index contributed by atoms with van der Waals surface area (Å²) in [7, 11) is 1.41. The van der Waals surface area contributed by atoms with E-state index in [1.165, 1.54) is 19.2 Å². The topological polar surface area (TPSA) is 94.4 Å². The maximum absolute atomic E-state index is 12.8. The van der Waals surface area contributed by atoms with Gasteiger partial charge in [0, 0.05) is 22.0 Å². The molecule has 0 fully saturated rings. The van der Waals surface area contributed by atoms with Gasteiger partial charge in [0.1, 0.15) is 5.52 Å². The zero-order valence-electron chi connectivity index (χ0n) is 14.4. The van der Waals surface area contributed by atoms with Crippen molar-refractivity contribution in [2.75, 3.05) is 12.4 Å². The van der Waals surface area contributed by atoms with E-state index >= 15 is 0 Å². The molecule has 0 atom stereocenters. The van der Waals surface area contributed by atoms with Crippen LogP contribution in [0.3, 0.4) is 0 Å². The molecular weight excluding hydrogens is 402 g/mol. The molecule has 0 aliphatic rings. The second-order valence-electron chi connectivity index (χ2n) is 5.87. The van der Waals surface area contributed by atoms with Gasteiger partial charge in [0.05, 0.1) is 22.8 Å². The number of ether oxygens (including phenoxy) is 1.